The lowest BCUT2D eigenvalue weighted by Gasteiger charge is -2.29. The Hall–Kier alpha value is -3.43. The lowest BCUT2D eigenvalue weighted by molar-refractivity contribution is -0.116. The molecule has 1 N–H and O–H groups in total. The van der Waals surface area contributed by atoms with Crippen LogP contribution < -0.4 is 10.2 Å². The standard InChI is InChI=1S/C31H32BrN5O2S/c1-31(2,3)23-12-10-22(11-13-23)29(39)33-19-27-34-35-30(37(27)25-16-14-24(32)15-17-25)40-20-28(38)36-18-6-8-21-7-4-5-9-26(21)36/h4-5,7,9-17H,6,8,18-20H2,1-3H3,(H,33,39). The van der Waals surface area contributed by atoms with Gasteiger partial charge in [-0.1, -0.05) is 78.8 Å². The third-order valence-corrected chi connectivity index (χ3v) is 8.38. The lowest BCUT2D eigenvalue weighted by atomic mass is 9.87. The third-order valence-electron chi connectivity index (χ3n) is 6.94. The van der Waals surface area contributed by atoms with Crippen LogP contribution in [-0.2, 0) is 23.2 Å². The zero-order valence-electron chi connectivity index (χ0n) is 22.9. The second kappa shape index (κ2) is 12.0. The highest BCUT2D eigenvalue weighted by molar-refractivity contribution is 9.10. The van der Waals surface area contributed by atoms with Gasteiger partial charge in [0.25, 0.3) is 5.91 Å². The summed E-state index contributed by atoms with van der Waals surface area (Å²) < 4.78 is 2.85. The first kappa shape index (κ1) is 28.1. The summed E-state index contributed by atoms with van der Waals surface area (Å²) in [5.41, 5.74) is 4.82. The second-order valence-corrected chi connectivity index (χ2v) is 12.6. The molecule has 9 heteroatoms. The van der Waals surface area contributed by atoms with Crippen LogP contribution in [-0.4, -0.2) is 38.9 Å². The predicted octanol–water partition coefficient (Wildman–Crippen LogP) is 6.33. The zero-order chi connectivity index (χ0) is 28.3. The van der Waals surface area contributed by atoms with Crippen LogP contribution in [0.25, 0.3) is 5.69 Å². The van der Waals surface area contributed by atoms with Crippen LogP contribution in [0.3, 0.4) is 0 Å². The molecule has 5 rings (SSSR count). The maximum atomic E-state index is 13.3. The molecule has 7 nitrogen and oxygen atoms in total. The lowest BCUT2D eigenvalue weighted by Crippen LogP contribution is -2.36. The maximum absolute atomic E-state index is 13.3. The number of thioether (sulfide) groups is 1. The number of anilines is 1. The average Bonchev–Trinajstić information content (AvgIpc) is 3.37. The molecule has 2 heterocycles. The van der Waals surface area contributed by atoms with Gasteiger partial charge in [0, 0.05) is 28.0 Å². The number of benzene rings is 3. The molecule has 0 bridgehead atoms. The number of hydrogen-bond donors (Lipinski definition) is 1. The van der Waals surface area contributed by atoms with E-state index in [4.69, 9.17) is 0 Å². The molecule has 4 aromatic rings. The Balaban J connectivity index is 1.33. The third kappa shape index (κ3) is 6.31. The van der Waals surface area contributed by atoms with E-state index in [1.54, 1.807) is 0 Å². The SMILES string of the molecule is CC(C)(C)c1ccc(C(=O)NCc2nnc(SCC(=O)N3CCCc4ccccc43)n2-c2ccc(Br)cc2)cc1. The average molecular weight is 619 g/mol. The van der Waals surface area contributed by atoms with Gasteiger partial charge in [-0.25, -0.2) is 0 Å². The number of para-hydroxylation sites is 1. The summed E-state index contributed by atoms with van der Waals surface area (Å²) in [5, 5.41) is 12.4. The minimum Gasteiger partial charge on any atom is -0.345 e. The van der Waals surface area contributed by atoms with Gasteiger partial charge >= 0.3 is 0 Å². The highest BCUT2D eigenvalue weighted by Gasteiger charge is 2.24. The highest BCUT2D eigenvalue weighted by Crippen LogP contribution is 2.29. The largest absolute Gasteiger partial charge is 0.345 e. The van der Waals surface area contributed by atoms with Gasteiger partial charge in [-0.05, 0) is 71.8 Å². The van der Waals surface area contributed by atoms with Crippen molar-refractivity contribution in [3.63, 3.8) is 0 Å². The quantitative estimate of drug-likeness (QED) is 0.245. The molecule has 0 fully saturated rings. The van der Waals surface area contributed by atoms with E-state index in [9.17, 15) is 9.59 Å². The Morgan fingerprint density at radius 3 is 2.42 bits per heavy atom. The van der Waals surface area contributed by atoms with Crippen molar-refractivity contribution in [3.8, 4) is 5.69 Å². The molecule has 0 saturated heterocycles. The smallest absolute Gasteiger partial charge is 0.251 e. The van der Waals surface area contributed by atoms with E-state index in [2.05, 4.69) is 58.3 Å². The number of carbonyl (C=O) groups excluding carboxylic acids is 2. The van der Waals surface area contributed by atoms with E-state index < -0.39 is 0 Å². The number of aryl methyl sites for hydroxylation is 1. The zero-order valence-corrected chi connectivity index (χ0v) is 25.3. The van der Waals surface area contributed by atoms with Gasteiger partial charge in [-0.15, -0.1) is 10.2 Å². The summed E-state index contributed by atoms with van der Waals surface area (Å²) in [4.78, 5) is 28.1. The van der Waals surface area contributed by atoms with Gasteiger partial charge < -0.3 is 10.2 Å². The number of nitrogens with zero attached hydrogens (tertiary/aromatic N) is 4. The monoisotopic (exact) mass is 617 g/mol. The van der Waals surface area contributed by atoms with Crippen LogP contribution in [0.1, 0.15) is 54.5 Å². The van der Waals surface area contributed by atoms with Gasteiger partial charge in [0.1, 0.15) is 0 Å². The molecule has 206 valence electrons. The van der Waals surface area contributed by atoms with Crippen molar-refractivity contribution in [1.82, 2.24) is 20.1 Å². The molecular weight excluding hydrogens is 586 g/mol. The van der Waals surface area contributed by atoms with Crippen LogP contribution >= 0.6 is 27.7 Å². The molecule has 1 aliphatic rings. The normalized spacial score (nSPS) is 13.2. The van der Waals surface area contributed by atoms with Crippen molar-refractivity contribution in [2.75, 3.05) is 17.2 Å². The van der Waals surface area contributed by atoms with Crippen molar-refractivity contribution in [2.24, 2.45) is 0 Å². The van der Waals surface area contributed by atoms with Gasteiger partial charge in [0.05, 0.1) is 12.3 Å². The van der Waals surface area contributed by atoms with Gasteiger partial charge in [-0.3, -0.25) is 14.2 Å². The van der Waals surface area contributed by atoms with E-state index in [1.165, 1.54) is 22.9 Å². The molecule has 0 atom stereocenters. The predicted molar refractivity (Wildman–Crippen MR) is 163 cm³/mol. The number of rotatable bonds is 7. The van der Waals surface area contributed by atoms with Gasteiger partial charge in [-0.2, -0.15) is 0 Å². The van der Waals surface area contributed by atoms with Gasteiger partial charge in [0.15, 0.2) is 11.0 Å². The molecule has 1 aliphatic heterocycles. The van der Waals surface area contributed by atoms with Crippen LogP contribution in [0.15, 0.2) is 82.4 Å². The van der Waals surface area contributed by atoms with Crippen molar-refractivity contribution in [3.05, 3.63) is 99.8 Å². The van der Waals surface area contributed by atoms with E-state index >= 15 is 0 Å². The van der Waals surface area contributed by atoms with Crippen molar-refractivity contribution < 1.29 is 9.59 Å². The Bertz CT molecular complexity index is 1510. The fourth-order valence-corrected chi connectivity index (χ4v) is 5.85. The number of carbonyl (C=O) groups is 2. The first-order valence-corrected chi connectivity index (χ1v) is 15.1. The molecule has 0 saturated carbocycles. The topological polar surface area (TPSA) is 80.1 Å². The first-order chi connectivity index (χ1) is 19.2. The van der Waals surface area contributed by atoms with E-state index in [1.807, 2.05) is 76.2 Å². The second-order valence-electron chi connectivity index (χ2n) is 10.8. The summed E-state index contributed by atoms with van der Waals surface area (Å²) in [6.07, 6.45) is 1.94. The van der Waals surface area contributed by atoms with E-state index in [0.717, 1.165) is 28.7 Å². The summed E-state index contributed by atoms with van der Waals surface area (Å²) in [7, 11) is 0. The molecule has 40 heavy (non-hydrogen) atoms. The molecule has 0 radical (unpaired) electrons. The number of aromatic nitrogens is 3. The molecule has 2 amide bonds. The first-order valence-electron chi connectivity index (χ1n) is 13.3. The number of fused-ring (bicyclic) bond motifs is 1. The summed E-state index contributed by atoms with van der Waals surface area (Å²) in [5.74, 6) is 0.672. The summed E-state index contributed by atoms with van der Waals surface area (Å²) in [6, 6.07) is 23.6. The summed E-state index contributed by atoms with van der Waals surface area (Å²) >= 11 is 4.84. The molecule has 3 aromatic carbocycles. The number of hydrogen-bond acceptors (Lipinski definition) is 5. The Morgan fingerprint density at radius 1 is 0.975 bits per heavy atom. The minimum atomic E-state index is -0.182. The minimum absolute atomic E-state index is 0.0168. The van der Waals surface area contributed by atoms with Gasteiger partial charge in [0.2, 0.25) is 5.91 Å². The fourth-order valence-electron chi connectivity index (χ4n) is 4.74. The Morgan fingerprint density at radius 2 is 1.70 bits per heavy atom. The Kier molecular flexibility index (Phi) is 8.42. The van der Waals surface area contributed by atoms with Crippen molar-refractivity contribution in [1.29, 1.82) is 0 Å². The molecular formula is C31H32BrN5O2S. The van der Waals surface area contributed by atoms with Crippen LogP contribution in [0.4, 0.5) is 5.69 Å². The van der Waals surface area contributed by atoms with Crippen molar-refractivity contribution in [2.45, 2.75) is 50.7 Å². The maximum Gasteiger partial charge on any atom is 0.251 e. The van der Waals surface area contributed by atoms with Crippen LogP contribution in [0.2, 0.25) is 0 Å². The van der Waals surface area contributed by atoms with Crippen LogP contribution in [0, 0.1) is 0 Å². The van der Waals surface area contributed by atoms with Crippen LogP contribution in [0.5, 0.6) is 0 Å². The number of amides is 2. The fraction of sp³-hybridized carbons (Fsp3) is 0.290. The highest BCUT2D eigenvalue weighted by atomic mass is 79.9. The molecule has 0 spiro atoms. The summed E-state index contributed by atoms with van der Waals surface area (Å²) in [6.45, 7) is 7.34. The van der Waals surface area contributed by atoms with Crippen molar-refractivity contribution >= 4 is 45.2 Å². The number of nitrogens with one attached hydrogen (secondary N) is 1. The molecule has 0 unspecified atom stereocenters. The number of halogens is 1. The molecule has 0 aliphatic carbocycles. The van der Waals surface area contributed by atoms with E-state index in [-0.39, 0.29) is 29.5 Å². The Labute approximate surface area is 247 Å². The van der Waals surface area contributed by atoms with E-state index in [0.29, 0.717) is 23.1 Å². The molecule has 1 aromatic heterocycles.